The first-order valence-electron chi connectivity index (χ1n) is 8.24. The number of aromatic hydroxyl groups is 1. The Bertz CT molecular complexity index is 925. The van der Waals surface area contributed by atoms with Crippen molar-refractivity contribution < 1.29 is 14.3 Å². The summed E-state index contributed by atoms with van der Waals surface area (Å²) in [7, 11) is 0. The third kappa shape index (κ3) is 2.30. The molecule has 0 aliphatic heterocycles. The summed E-state index contributed by atoms with van der Waals surface area (Å²) in [5.74, 6) is -0.0728. The van der Waals surface area contributed by atoms with Gasteiger partial charge in [0.1, 0.15) is 11.6 Å². The largest absolute Gasteiger partial charge is 0.506 e. The fraction of sp³-hybridized carbons (Fsp3) is 0.250. The summed E-state index contributed by atoms with van der Waals surface area (Å²) in [6.45, 7) is 0.558. The van der Waals surface area contributed by atoms with E-state index >= 15 is 0 Å². The maximum absolute atomic E-state index is 13.2. The van der Waals surface area contributed by atoms with Gasteiger partial charge in [-0.2, -0.15) is 0 Å². The molecule has 1 aliphatic rings. The molecule has 0 radical (unpaired) electrons. The number of phenolic OH excluding ortho intramolecular Hbond substituents is 1. The molecule has 0 unspecified atom stereocenters. The van der Waals surface area contributed by atoms with Gasteiger partial charge in [-0.25, -0.2) is 4.39 Å². The highest BCUT2D eigenvalue weighted by atomic mass is 19.1. The molecule has 4 rings (SSSR count). The predicted molar refractivity (Wildman–Crippen MR) is 91.1 cm³/mol. The van der Waals surface area contributed by atoms with Crippen LogP contribution in [0.15, 0.2) is 36.4 Å². The Morgan fingerprint density at radius 2 is 1.83 bits per heavy atom. The quantitative estimate of drug-likeness (QED) is 0.733. The number of hydrogen-bond acceptors (Lipinski definition) is 2. The average molecular weight is 323 g/mol. The molecular formula is C20H18FNO2. The van der Waals surface area contributed by atoms with E-state index in [1.165, 1.54) is 23.4 Å². The van der Waals surface area contributed by atoms with Crippen molar-refractivity contribution in [3.63, 3.8) is 0 Å². The van der Waals surface area contributed by atoms with E-state index in [1.54, 1.807) is 24.3 Å². The molecule has 0 fully saturated rings. The second kappa shape index (κ2) is 5.78. The summed E-state index contributed by atoms with van der Waals surface area (Å²) in [6.07, 6.45) is 4.91. The van der Waals surface area contributed by atoms with Gasteiger partial charge >= 0.3 is 0 Å². The van der Waals surface area contributed by atoms with Crippen LogP contribution in [0.25, 0.3) is 10.9 Å². The van der Waals surface area contributed by atoms with Crippen molar-refractivity contribution in [1.29, 1.82) is 0 Å². The lowest BCUT2D eigenvalue weighted by atomic mass is 9.94. The van der Waals surface area contributed by atoms with E-state index in [0.717, 1.165) is 48.4 Å². The fourth-order valence-corrected chi connectivity index (χ4v) is 3.82. The lowest BCUT2D eigenvalue weighted by Crippen LogP contribution is -2.09. The number of rotatable bonds is 3. The number of nitrogens with zero attached hydrogens (tertiary/aromatic N) is 1. The summed E-state index contributed by atoms with van der Waals surface area (Å²) >= 11 is 0. The minimum absolute atomic E-state index is 0.187. The Morgan fingerprint density at radius 3 is 2.58 bits per heavy atom. The van der Waals surface area contributed by atoms with Gasteiger partial charge in [0.05, 0.1) is 5.52 Å². The van der Waals surface area contributed by atoms with E-state index in [9.17, 15) is 14.3 Å². The Labute approximate surface area is 139 Å². The molecule has 1 aliphatic carbocycles. The minimum atomic E-state index is -0.260. The van der Waals surface area contributed by atoms with Gasteiger partial charge in [0.25, 0.3) is 0 Å². The average Bonchev–Trinajstić information content (AvgIpc) is 2.93. The van der Waals surface area contributed by atoms with Gasteiger partial charge in [-0.1, -0.05) is 12.1 Å². The van der Waals surface area contributed by atoms with E-state index in [-0.39, 0.29) is 11.6 Å². The van der Waals surface area contributed by atoms with Gasteiger partial charge in [-0.15, -0.1) is 0 Å². The summed E-state index contributed by atoms with van der Waals surface area (Å²) in [5.41, 5.74) is 4.67. The van der Waals surface area contributed by atoms with Crippen LogP contribution in [0.1, 0.15) is 40.0 Å². The number of aromatic nitrogens is 1. The molecule has 3 nitrogen and oxygen atoms in total. The Morgan fingerprint density at radius 1 is 1.08 bits per heavy atom. The second-order valence-corrected chi connectivity index (χ2v) is 6.36. The van der Waals surface area contributed by atoms with Crippen molar-refractivity contribution in [1.82, 2.24) is 4.57 Å². The molecule has 1 aromatic heterocycles. The standard InChI is InChI=1S/C20H18FNO2/c21-15-8-5-13(6-9-15)11-22-17-4-2-1-3-16(17)19-14(12-23)7-10-18(24)20(19)22/h5-10,12,24H,1-4,11H2. The molecule has 0 spiro atoms. The molecule has 1 N–H and O–H groups in total. The molecule has 2 aromatic carbocycles. The summed E-state index contributed by atoms with van der Waals surface area (Å²) in [5, 5.41) is 11.3. The third-order valence-corrected chi connectivity index (χ3v) is 4.91. The highest BCUT2D eigenvalue weighted by Crippen LogP contribution is 2.38. The smallest absolute Gasteiger partial charge is 0.150 e. The summed E-state index contributed by atoms with van der Waals surface area (Å²) in [6, 6.07) is 9.68. The van der Waals surface area contributed by atoms with Gasteiger partial charge < -0.3 is 9.67 Å². The molecule has 3 aromatic rings. The number of carbonyl (C=O) groups excluding carboxylic acids is 1. The molecule has 0 atom stereocenters. The first kappa shape index (κ1) is 14.9. The fourth-order valence-electron chi connectivity index (χ4n) is 3.82. The first-order chi connectivity index (χ1) is 11.7. The Kier molecular flexibility index (Phi) is 3.60. The molecule has 0 bridgehead atoms. The number of hydrogen-bond donors (Lipinski definition) is 1. The number of halogens is 1. The highest BCUT2D eigenvalue weighted by molar-refractivity contribution is 6.02. The van der Waals surface area contributed by atoms with Crippen LogP contribution in [0.5, 0.6) is 5.75 Å². The van der Waals surface area contributed by atoms with Crippen molar-refractivity contribution in [2.45, 2.75) is 32.2 Å². The number of phenols is 1. The van der Waals surface area contributed by atoms with E-state index in [1.807, 2.05) is 0 Å². The SMILES string of the molecule is O=Cc1ccc(O)c2c1c1c(n2Cc2ccc(F)cc2)CCCC1. The number of benzene rings is 2. The van der Waals surface area contributed by atoms with Crippen LogP contribution in [-0.2, 0) is 19.4 Å². The van der Waals surface area contributed by atoms with Gasteiger partial charge in [0.2, 0.25) is 0 Å². The zero-order valence-electron chi connectivity index (χ0n) is 13.3. The topological polar surface area (TPSA) is 42.2 Å². The zero-order chi connectivity index (χ0) is 16.7. The molecule has 0 amide bonds. The Balaban J connectivity index is 1.96. The third-order valence-electron chi connectivity index (χ3n) is 4.91. The molecule has 4 heteroatoms. The number of carbonyl (C=O) groups is 1. The zero-order valence-corrected chi connectivity index (χ0v) is 13.3. The van der Waals surface area contributed by atoms with Crippen molar-refractivity contribution in [2.24, 2.45) is 0 Å². The van der Waals surface area contributed by atoms with Crippen molar-refractivity contribution in [3.05, 3.63) is 64.6 Å². The van der Waals surface area contributed by atoms with E-state index in [0.29, 0.717) is 12.1 Å². The van der Waals surface area contributed by atoms with Crippen molar-refractivity contribution in [3.8, 4) is 5.75 Å². The van der Waals surface area contributed by atoms with Crippen LogP contribution in [0.3, 0.4) is 0 Å². The minimum Gasteiger partial charge on any atom is -0.506 e. The van der Waals surface area contributed by atoms with Crippen LogP contribution < -0.4 is 0 Å². The number of aldehydes is 1. The molecule has 0 saturated heterocycles. The molecule has 1 heterocycles. The van der Waals surface area contributed by atoms with Crippen LogP contribution in [0.2, 0.25) is 0 Å². The monoisotopic (exact) mass is 323 g/mol. The van der Waals surface area contributed by atoms with Gasteiger partial charge in [0, 0.05) is 23.2 Å². The molecule has 24 heavy (non-hydrogen) atoms. The number of fused-ring (bicyclic) bond motifs is 3. The van der Waals surface area contributed by atoms with E-state index in [2.05, 4.69) is 4.57 Å². The molecule has 0 saturated carbocycles. The highest BCUT2D eigenvalue weighted by Gasteiger charge is 2.24. The maximum Gasteiger partial charge on any atom is 0.150 e. The molecule has 122 valence electrons. The Hall–Kier alpha value is -2.62. The van der Waals surface area contributed by atoms with Crippen LogP contribution >= 0.6 is 0 Å². The molecular weight excluding hydrogens is 305 g/mol. The first-order valence-corrected chi connectivity index (χ1v) is 8.24. The summed E-state index contributed by atoms with van der Waals surface area (Å²) < 4.78 is 15.3. The predicted octanol–water partition coefficient (Wildman–Crippen LogP) is 4.23. The van der Waals surface area contributed by atoms with Crippen LogP contribution in [-0.4, -0.2) is 16.0 Å². The van der Waals surface area contributed by atoms with Crippen LogP contribution in [0.4, 0.5) is 4.39 Å². The van der Waals surface area contributed by atoms with Gasteiger partial charge in [-0.3, -0.25) is 4.79 Å². The van der Waals surface area contributed by atoms with Crippen LogP contribution in [0, 0.1) is 5.82 Å². The second-order valence-electron chi connectivity index (χ2n) is 6.36. The maximum atomic E-state index is 13.2. The summed E-state index contributed by atoms with van der Waals surface area (Å²) in [4.78, 5) is 11.5. The van der Waals surface area contributed by atoms with E-state index < -0.39 is 0 Å². The van der Waals surface area contributed by atoms with Crippen molar-refractivity contribution in [2.75, 3.05) is 0 Å². The lowest BCUT2D eigenvalue weighted by Gasteiger charge is -2.16. The van der Waals surface area contributed by atoms with Gasteiger partial charge in [-0.05, 0) is 61.1 Å². The lowest BCUT2D eigenvalue weighted by molar-refractivity contribution is 0.112. The number of aryl methyl sites for hydroxylation is 1. The van der Waals surface area contributed by atoms with Gasteiger partial charge in [0.15, 0.2) is 6.29 Å². The normalized spacial score (nSPS) is 13.9. The van der Waals surface area contributed by atoms with Crippen molar-refractivity contribution >= 4 is 17.2 Å². The van der Waals surface area contributed by atoms with E-state index in [4.69, 9.17) is 0 Å².